The Kier molecular flexibility index (Phi) is 4.40. The van der Waals surface area contributed by atoms with Gasteiger partial charge in [0.2, 0.25) is 0 Å². The number of hydrogen-bond donors (Lipinski definition) is 1. The molecule has 5 heteroatoms. The number of aromatic nitrogens is 2. The highest BCUT2D eigenvalue weighted by Crippen LogP contribution is 2.38. The van der Waals surface area contributed by atoms with E-state index in [1.807, 2.05) is 0 Å². The molecule has 2 fully saturated rings. The molecular weight excluding hydrogens is 346 g/mol. The molecule has 0 spiro atoms. The Hall–Kier alpha value is -3.00. The zero-order valence-corrected chi connectivity index (χ0v) is 16.1. The molecule has 28 heavy (non-hydrogen) atoms. The SMILES string of the molecule is N#Cc1cc(N2CCCC2c2ccc3nc[nH]c3c2)ccc1N1CCCCC1. The normalized spacial score (nSPS) is 19.9. The van der Waals surface area contributed by atoms with Crippen molar-refractivity contribution in [3.63, 3.8) is 0 Å². The lowest BCUT2D eigenvalue weighted by molar-refractivity contribution is 0.577. The van der Waals surface area contributed by atoms with Crippen molar-refractivity contribution in [2.24, 2.45) is 0 Å². The number of rotatable bonds is 3. The molecule has 2 aliphatic rings. The smallest absolute Gasteiger partial charge is 0.101 e. The largest absolute Gasteiger partial charge is 0.370 e. The van der Waals surface area contributed by atoms with Crippen molar-refractivity contribution >= 4 is 22.4 Å². The number of fused-ring (bicyclic) bond motifs is 1. The van der Waals surface area contributed by atoms with Crippen molar-refractivity contribution in [3.05, 3.63) is 53.9 Å². The van der Waals surface area contributed by atoms with Crippen LogP contribution in [0.2, 0.25) is 0 Å². The van der Waals surface area contributed by atoms with Crippen molar-refractivity contribution in [2.75, 3.05) is 29.4 Å². The van der Waals surface area contributed by atoms with E-state index in [4.69, 9.17) is 0 Å². The number of imidazole rings is 1. The van der Waals surface area contributed by atoms with Crippen molar-refractivity contribution in [1.82, 2.24) is 9.97 Å². The Balaban J connectivity index is 1.46. The van der Waals surface area contributed by atoms with Crippen LogP contribution in [0.25, 0.3) is 11.0 Å². The summed E-state index contributed by atoms with van der Waals surface area (Å²) in [6.07, 6.45) is 7.79. The molecule has 1 atom stereocenters. The van der Waals surface area contributed by atoms with Gasteiger partial charge in [-0.25, -0.2) is 4.98 Å². The first kappa shape index (κ1) is 17.1. The Morgan fingerprint density at radius 2 is 1.89 bits per heavy atom. The molecule has 0 aliphatic carbocycles. The van der Waals surface area contributed by atoms with Gasteiger partial charge < -0.3 is 14.8 Å². The van der Waals surface area contributed by atoms with E-state index in [-0.39, 0.29) is 0 Å². The van der Waals surface area contributed by atoms with Gasteiger partial charge in [0.25, 0.3) is 0 Å². The van der Waals surface area contributed by atoms with E-state index in [0.29, 0.717) is 6.04 Å². The first-order valence-corrected chi connectivity index (χ1v) is 10.3. The molecular formula is C23H25N5. The van der Waals surface area contributed by atoms with Gasteiger partial charge in [-0.05, 0) is 68.0 Å². The molecule has 0 bridgehead atoms. The van der Waals surface area contributed by atoms with Crippen molar-refractivity contribution in [1.29, 1.82) is 5.26 Å². The highest BCUT2D eigenvalue weighted by molar-refractivity contribution is 5.75. The van der Waals surface area contributed by atoms with Crippen LogP contribution >= 0.6 is 0 Å². The maximum atomic E-state index is 9.79. The average Bonchev–Trinajstić information content (AvgIpc) is 3.42. The number of benzene rings is 2. The molecule has 1 N–H and O–H groups in total. The van der Waals surface area contributed by atoms with Crippen LogP contribution in [0.4, 0.5) is 11.4 Å². The highest BCUT2D eigenvalue weighted by Gasteiger charge is 2.27. The summed E-state index contributed by atoms with van der Waals surface area (Å²) in [6.45, 7) is 3.15. The van der Waals surface area contributed by atoms with Crippen LogP contribution in [0, 0.1) is 11.3 Å². The fourth-order valence-corrected chi connectivity index (χ4v) is 4.79. The van der Waals surface area contributed by atoms with Crippen molar-refractivity contribution < 1.29 is 0 Å². The van der Waals surface area contributed by atoms with Crippen LogP contribution in [0.5, 0.6) is 0 Å². The first-order valence-electron chi connectivity index (χ1n) is 10.3. The summed E-state index contributed by atoms with van der Waals surface area (Å²) in [5, 5.41) is 9.79. The highest BCUT2D eigenvalue weighted by atomic mass is 15.2. The lowest BCUT2D eigenvalue weighted by atomic mass is 10.0. The standard InChI is InChI=1S/C23H25N5/c24-15-18-13-19(7-9-22(18)27-10-2-1-3-11-27)28-12-4-5-23(28)17-6-8-20-21(14-17)26-16-25-20/h6-9,13-14,16,23H,1-5,10-12H2,(H,25,26). The molecule has 142 valence electrons. The molecule has 5 rings (SSSR count). The Bertz CT molecular complexity index is 1020. The molecule has 3 heterocycles. The monoisotopic (exact) mass is 371 g/mol. The van der Waals surface area contributed by atoms with Gasteiger partial charge in [-0.1, -0.05) is 6.07 Å². The Morgan fingerprint density at radius 1 is 1.00 bits per heavy atom. The van der Waals surface area contributed by atoms with E-state index in [1.54, 1.807) is 6.33 Å². The lowest BCUT2D eigenvalue weighted by Gasteiger charge is -2.31. The zero-order valence-electron chi connectivity index (χ0n) is 16.1. The van der Waals surface area contributed by atoms with Crippen molar-refractivity contribution in [2.45, 2.75) is 38.1 Å². The summed E-state index contributed by atoms with van der Waals surface area (Å²) in [7, 11) is 0. The molecule has 3 aromatic rings. The first-order chi connectivity index (χ1) is 13.8. The lowest BCUT2D eigenvalue weighted by Crippen LogP contribution is -2.30. The van der Waals surface area contributed by atoms with Gasteiger partial charge in [0.05, 0.1) is 34.7 Å². The van der Waals surface area contributed by atoms with E-state index >= 15 is 0 Å². The van der Waals surface area contributed by atoms with Gasteiger partial charge in [0.1, 0.15) is 6.07 Å². The average molecular weight is 371 g/mol. The minimum atomic E-state index is 0.347. The molecule has 2 aromatic carbocycles. The molecule has 5 nitrogen and oxygen atoms in total. The van der Waals surface area contributed by atoms with Crippen LogP contribution < -0.4 is 9.80 Å². The van der Waals surface area contributed by atoms with Gasteiger partial charge in [-0.2, -0.15) is 5.26 Å². The summed E-state index contributed by atoms with van der Waals surface area (Å²) in [4.78, 5) is 12.4. The number of H-pyrrole nitrogens is 1. The van der Waals surface area contributed by atoms with Gasteiger partial charge in [0.15, 0.2) is 0 Å². The number of nitriles is 1. The van der Waals surface area contributed by atoms with E-state index in [0.717, 1.165) is 54.0 Å². The second kappa shape index (κ2) is 7.20. The minimum absolute atomic E-state index is 0.347. The number of nitrogens with zero attached hydrogens (tertiary/aromatic N) is 4. The van der Waals surface area contributed by atoms with Crippen LogP contribution in [-0.2, 0) is 0 Å². The minimum Gasteiger partial charge on any atom is -0.370 e. The third-order valence-corrected chi connectivity index (χ3v) is 6.21. The van der Waals surface area contributed by atoms with Crippen LogP contribution in [0.15, 0.2) is 42.7 Å². The molecule has 0 radical (unpaired) electrons. The number of nitrogens with one attached hydrogen (secondary N) is 1. The van der Waals surface area contributed by atoms with E-state index in [2.05, 4.69) is 62.2 Å². The number of hydrogen-bond acceptors (Lipinski definition) is 4. The van der Waals surface area contributed by atoms with Crippen LogP contribution in [0.3, 0.4) is 0 Å². The summed E-state index contributed by atoms with van der Waals surface area (Å²) in [5.74, 6) is 0. The van der Waals surface area contributed by atoms with Gasteiger partial charge in [-0.3, -0.25) is 0 Å². The van der Waals surface area contributed by atoms with Crippen LogP contribution in [0.1, 0.15) is 49.3 Å². The molecule has 1 aromatic heterocycles. The quantitative estimate of drug-likeness (QED) is 0.721. The molecule has 1 unspecified atom stereocenters. The number of aromatic amines is 1. The fourth-order valence-electron chi connectivity index (χ4n) is 4.79. The van der Waals surface area contributed by atoms with Gasteiger partial charge in [0, 0.05) is 25.3 Å². The number of piperidine rings is 1. The molecule has 2 saturated heterocycles. The van der Waals surface area contributed by atoms with E-state index < -0.39 is 0 Å². The summed E-state index contributed by atoms with van der Waals surface area (Å²) >= 11 is 0. The maximum Gasteiger partial charge on any atom is 0.101 e. The van der Waals surface area contributed by atoms with Crippen molar-refractivity contribution in [3.8, 4) is 6.07 Å². The maximum absolute atomic E-state index is 9.79. The van der Waals surface area contributed by atoms with Gasteiger partial charge in [-0.15, -0.1) is 0 Å². The van der Waals surface area contributed by atoms with E-state index in [9.17, 15) is 5.26 Å². The molecule has 0 saturated carbocycles. The topological polar surface area (TPSA) is 59.0 Å². The summed E-state index contributed by atoms with van der Waals surface area (Å²) < 4.78 is 0. The zero-order chi connectivity index (χ0) is 18.9. The third-order valence-electron chi connectivity index (χ3n) is 6.21. The summed E-state index contributed by atoms with van der Waals surface area (Å²) in [5.41, 5.74) is 6.46. The third kappa shape index (κ3) is 2.99. The molecule has 2 aliphatic heterocycles. The van der Waals surface area contributed by atoms with Crippen LogP contribution in [-0.4, -0.2) is 29.6 Å². The fraction of sp³-hybridized carbons (Fsp3) is 0.391. The van der Waals surface area contributed by atoms with E-state index in [1.165, 1.54) is 31.2 Å². The summed E-state index contributed by atoms with van der Waals surface area (Å²) in [6, 6.07) is 15.8. The Labute approximate surface area is 165 Å². The van der Waals surface area contributed by atoms with Gasteiger partial charge >= 0.3 is 0 Å². The second-order valence-electron chi connectivity index (χ2n) is 7.89. The second-order valence-corrected chi connectivity index (χ2v) is 7.89. The predicted molar refractivity (Wildman–Crippen MR) is 113 cm³/mol. The molecule has 0 amide bonds. The number of anilines is 2. The Morgan fingerprint density at radius 3 is 2.75 bits per heavy atom. The predicted octanol–water partition coefficient (Wildman–Crippen LogP) is 4.77.